The molecule has 0 unspecified atom stereocenters. The lowest BCUT2D eigenvalue weighted by Gasteiger charge is -2.18. The van der Waals surface area contributed by atoms with E-state index in [-0.39, 0.29) is 5.91 Å². The predicted octanol–water partition coefficient (Wildman–Crippen LogP) is 2.10. The minimum absolute atomic E-state index is 0.0136. The molecule has 0 bridgehead atoms. The molecule has 2 aromatic rings. The molecule has 4 nitrogen and oxygen atoms in total. The van der Waals surface area contributed by atoms with E-state index in [4.69, 9.17) is 0 Å². The van der Waals surface area contributed by atoms with E-state index in [1.165, 1.54) is 5.56 Å². The molecule has 19 heavy (non-hydrogen) atoms. The summed E-state index contributed by atoms with van der Waals surface area (Å²) in [5.41, 5.74) is 2.80. The summed E-state index contributed by atoms with van der Waals surface area (Å²) >= 11 is 0. The summed E-state index contributed by atoms with van der Waals surface area (Å²) in [6.07, 6.45) is 7.68. The van der Waals surface area contributed by atoms with Gasteiger partial charge in [-0.05, 0) is 42.7 Å². The Morgan fingerprint density at radius 3 is 2.53 bits per heavy atom. The van der Waals surface area contributed by atoms with Gasteiger partial charge in [0, 0.05) is 38.4 Å². The van der Waals surface area contributed by atoms with Gasteiger partial charge in [0.15, 0.2) is 0 Å². The van der Waals surface area contributed by atoms with Crippen LogP contribution in [0.3, 0.4) is 0 Å². The quantitative estimate of drug-likeness (QED) is 0.840. The molecule has 0 radical (unpaired) electrons. The molecule has 0 saturated carbocycles. The van der Waals surface area contributed by atoms with Crippen LogP contribution in [0.15, 0.2) is 43.0 Å². The van der Waals surface area contributed by atoms with Crippen LogP contribution in [0.4, 0.5) is 0 Å². The molecular weight excluding hydrogens is 238 g/mol. The highest BCUT2D eigenvalue weighted by Crippen LogP contribution is 2.09. The van der Waals surface area contributed by atoms with Crippen LogP contribution in [0, 0.1) is 6.92 Å². The standard InChI is InChI=1S/C15H17N3O/c1-12-3-7-17-11-14(12)15(19)18(2)10-6-13-4-8-16-9-5-13/h3-5,7-9,11H,6,10H2,1-2H3. The van der Waals surface area contributed by atoms with Crippen molar-refractivity contribution in [2.45, 2.75) is 13.3 Å². The van der Waals surface area contributed by atoms with Gasteiger partial charge in [0.25, 0.3) is 5.91 Å². The molecular formula is C15H17N3O. The highest BCUT2D eigenvalue weighted by Gasteiger charge is 2.13. The molecule has 0 fully saturated rings. The van der Waals surface area contributed by atoms with Gasteiger partial charge in [-0.2, -0.15) is 0 Å². The fraction of sp³-hybridized carbons (Fsp3) is 0.267. The number of aromatic nitrogens is 2. The zero-order valence-electron chi connectivity index (χ0n) is 11.2. The summed E-state index contributed by atoms with van der Waals surface area (Å²) in [4.78, 5) is 22.0. The first-order valence-electron chi connectivity index (χ1n) is 6.23. The van der Waals surface area contributed by atoms with E-state index in [9.17, 15) is 4.79 Å². The molecule has 0 spiro atoms. The molecule has 1 amide bonds. The molecule has 0 saturated heterocycles. The number of nitrogens with zero attached hydrogens (tertiary/aromatic N) is 3. The van der Waals surface area contributed by atoms with Gasteiger partial charge in [-0.25, -0.2) is 0 Å². The fourth-order valence-corrected chi connectivity index (χ4v) is 1.84. The number of amides is 1. The zero-order valence-corrected chi connectivity index (χ0v) is 11.2. The maximum atomic E-state index is 12.3. The highest BCUT2D eigenvalue weighted by atomic mass is 16.2. The van der Waals surface area contributed by atoms with Crippen molar-refractivity contribution in [3.63, 3.8) is 0 Å². The number of aryl methyl sites for hydroxylation is 1. The molecule has 2 heterocycles. The Balaban J connectivity index is 1.99. The van der Waals surface area contributed by atoms with E-state index in [0.29, 0.717) is 12.1 Å². The summed E-state index contributed by atoms with van der Waals surface area (Å²) in [7, 11) is 1.82. The maximum absolute atomic E-state index is 12.3. The lowest BCUT2D eigenvalue weighted by Crippen LogP contribution is -2.29. The van der Waals surface area contributed by atoms with Crippen molar-refractivity contribution in [1.82, 2.24) is 14.9 Å². The number of rotatable bonds is 4. The number of likely N-dealkylation sites (N-methyl/N-ethyl adjacent to an activating group) is 1. The lowest BCUT2D eigenvalue weighted by atomic mass is 10.1. The molecule has 0 aliphatic carbocycles. The Morgan fingerprint density at radius 1 is 1.16 bits per heavy atom. The maximum Gasteiger partial charge on any atom is 0.255 e. The van der Waals surface area contributed by atoms with Crippen molar-refractivity contribution in [3.05, 3.63) is 59.7 Å². The molecule has 4 heteroatoms. The van der Waals surface area contributed by atoms with E-state index in [1.807, 2.05) is 32.2 Å². The monoisotopic (exact) mass is 255 g/mol. The van der Waals surface area contributed by atoms with Gasteiger partial charge < -0.3 is 4.90 Å². The summed E-state index contributed by atoms with van der Waals surface area (Å²) in [6, 6.07) is 5.78. The van der Waals surface area contributed by atoms with Gasteiger partial charge in [-0.3, -0.25) is 14.8 Å². The number of hydrogen-bond donors (Lipinski definition) is 0. The van der Waals surface area contributed by atoms with Crippen LogP contribution >= 0.6 is 0 Å². The van der Waals surface area contributed by atoms with Gasteiger partial charge >= 0.3 is 0 Å². The smallest absolute Gasteiger partial charge is 0.255 e. The number of carbonyl (C=O) groups is 1. The van der Waals surface area contributed by atoms with E-state index >= 15 is 0 Å². The fourth-order valence-electron chi connectivity index (χ4n) is 1.84. The first-order valence-corrected chi connectivity index (χ1v) is 6.23. The second kappa shape index (κ2) is 6.09. The van der Waals surface area contributed by atoms with Crippen molar-refractivity contribution < 1.29 is 4.79 Å². The lowest BCUT2D eigenvalue weighted by molar-refractivity contribution is 0.0795. The average molecular weight is 255 g/mol. The minimum atomic E-state index is 0.0136. The Hall–Kier alpha value is -2.23. The van der Waals surface area contributed by atoms with Crippen molar-refractivity contribution in [3.8, 4) is 0 Å². The average Bonchev–Trinajstić information content (AvgIpc) is 2.45. The normalized spacial score (nSPS) is 10.2. The van der Waals surface area contributed by atoms with Crippen LogP contribution in [0.25, 0.3) is 0 Å². The summed E-state index contributed by atoms with van der Waals surface area (Å²) in [5, 5.41) is 0. The van der Waals surface area contributed by atoms with Crippen molar-refractivity contribution in [2.24, 2.45) is 0 Å². The molecule has 0 aliphatic heterocycles. The Bertz CT molecular complexity index is 554. The molecule has 2 aromatic heterocycles. The number of carbonyl (C=O) groups excluding carboxylic acids is 1. The molecule has 2 rings (SSSR count). The Labute approximate surface area is 113 Å². The van der Waals surface area contributed by atoms with Crippen molar-refractivity contribution >= 4 is 5.91 Å². The van der Waals surface area contributed by atoms with E-state index < -0.39 is 0 Å². The number of pyridine rings is 2. The number of hydrogen-bond acceptors (Lipinski definition) is 3. The first-order chi connectivity index (χ1) is 9.18. The topological polar surface area (TPSA) is 46.1 Å². The summed E-state index contributed by atoms with van der Waals surface area (Å²) in [6.45, 7) is 2.60. The van der Waals surface area contributed by atoms with Crippen molar-refractivity contribution in [2.75, 3.05) is 13.6 Å². The molecule has 0 aliphatic rings. The van der Waals surface area contributed by atoms with Gasteiger partial charge in [0.1, 0.15) is 0 Å². The first kappa shape index (κ1) is 13.2. The third-order valence-corrected chi connectivity index (χ3v) is 3.10. The van der Waals surface area contributed by atoms with E-state index in [1.54, 1.807) is 29.7 Å². The van der Waals surface area contributed by atoms with E-state index in [0.717, 1.165) is 12.0 Å². The van der Waals surface area contributed by atoms with Crippen molar-refractivity contribution in [1.29, 1.82) is 0 Å². The van der Waals surface area contributed by atoms with Crippen LogP contribution in [0.5, 0.6) is 0 Å². The largest absolute Gasteiger partial charge is 0.341 e. The summed E-state index contributed by atoms with van der Waals surface area (Å²) < 4.78 is 0. The highest BCUT2D eigenvalue weighted by molar-refractivity contribution is 5.95. The third kappa shape index (κ3) is 3.37. The zero-order chi connectivity index (χ0) is 13.7. The molecule has 0 aromatic carbocycles. The molecule has 98 valence electrons. The minimum Gasteiger partial charge on any atom is -0.341 e. The van der Waals surface area contributed by atoms with Gasteiger partial charge in [-0.15, -0.1) is 0 Å². The van der Waals surface area contributed by atoms with Gasteiger partial charge in [0.05, 0.1) is 5.56 Å². The second-order valence-corrected chi connectivity index (χ2v) is 4.52. The Morgan fingerprint density at radius 2 is 1.84 bits per heavy atom. The SMILES string of the molecule is Cc1ccncc1C(=O)N(C)CCc1ccncc1. The van der Waals surface area contributed by atoms with Crippen LogP contribution in [-0.2, 0) is 6.42 Å². The van der Waals surface area contributed by atoms with Gasteiger partial charge in [0.2, 0.25) is 0 Å². The summed E-state index contributed by atoms with van der Waals surface area (Å²) in [5.74, 6) is 0.0136. The Kier molecular flexibility index (Phi) is 4.23. The van der Waals surface area contributed by atoms with Crippen LogP contribution < -0.4 is 0 Å². The molecule has 0 atom stereocenters. The second-order valence-electron chi connectivity index (χ2n) is 4.52. The van der Waals surface area contributed by atoms with Crippen LogP contribution in [0.1, 0.15) is 21.5 Å². The predicted molar refractivity (Wildman–Crippen MR) is 73.9 cm³/mol. The third-order valence-electron chi connectivity index (χ3n) is 3.10. The molecule has 0 N–H and O–H groups in total. The van der Waals surface area contributed by atoms with E-state index in [2.05, 4.69) is 9.97 Å². The van der Waals surface area contributed by atoms with Crippen LogP contribution in [-0.4, -0.2) is 34.4 Å². The van der Waals surface area contributed by atoms with Gasteiger partial charge in [-0.1, -0.05) is 0 Å². The van der Waals surface area contributed by atoms with Crippen LogP contribution in [0.2, 0.25) is 0 Å².